The number of Topliss-reactive ketones (excluding diaryl/α,β-unsaturated/α-hetero) is 1. The molecule has 0 radical (unpaired) electrons. The summed E-state index contributed by atoms with van der Waals surface area (Å²) in [5.74, 6) is 0.0275. The maximum atomic E-state index is 12.6. The van der Waals surface area contributed by atoms with Crippen molar-refractivity contribution in [2.45, 2.75) is 26.7 Å². The van der Waals surface area contributed by atoms with Crippen molar-refractivity contribution < 1.29 is 4.79 Å². The molecule has 4 rings (SSSR count). The summed E-state index contributed by atoms with van der Waals surface area (Å²) in [6.45, 7) is 3.51. The number of rotatable bonds is 5. The Kier molecular flexibility index (Phi) is 5.46. The summed E-state index contributed by atoms with van der Waals surface area (Å²) in [6, 6.07) is 24.5. The number of carbonyl (C=O) groups excluding carboxylic acids is 1. The first kappa shape index (κ1) is 19.4. The molecule has 0 amide bonds. The summed E-state index contributed by atoms with van der Waals surface area (Å²) < 4.78 is 0. The van der Waals surface area contributed by atoms with Gasteiger partial charge in [-0.1, -0.05) is 72.3 Å². The van der Waals surface area contributed by atoms with Gasteiger partial charge in [-0.15, -0.1) is 0 Å². The second kappa shape index (κ2) is 8.18. The number of aryl methyl sites for hydroxylation is 3. The van der Waals surface area contributed by atoms with Crippen LogP contribution in [-0.4, -0.2) is 10.8 Å². The van der Waals surface area contributed by atoms with Crippen molar-refractivity contribution in [3.05, 3.63) is 100 Å². The van der Waals surface area contributed by atoms with E-state index in [0.717, 1.165) is 40.6 Å². The Hall–Kier alpha value is -2.97. The van der Waals surface area contributed by atoms with Gasteiger partial charge in [0, 0.05) is 27.2 Å². The molecule has 29 heavy (non-hydrogen) atoms. The van der Waals surface area contributed by atoms with Gasteiger partial charge in [-0.05, 0) is 55.5 Å². The lowest BCUT2D eigenvalue weighted by Gasteiger charge is -2.17. The third-order valence-electron chi connectivity index (χ3n) is 5.29. The molecule has 0 atom stereocenters. The van der Waals surface area contributed by atoms with Gasteiger partial charge >= 0.3 is 0 Å². The maximum absolute atomic E-state index is 12.6. The van der Waals surface area contributed by atoms with Crippen molar-refractivity contribution >= 4 is 28.3 Å². The molecule has 0 N–H and O–H groups in total. The van der Waals surface area contributed by atoms with E-state index in [1.165, 1.54) is 11.1 Å². The minimum absolute atomic E-state index is 0.0275. The van der Waals surface area contributed by atoms with Crippen LogP contribution < -0.4 is 0 Å². The van der Waals surface area contributed by atoms with E-state index in [2.05, 4.69) is 47.4 Å². The van der Waals surface area contributed by atoms with Gasteiger partial charge in [0.05, 0.1) is 5.52 Å². The molecule has 1 heterocycles. The third kappa shape index (κ3) is 3.94. The van der Waals surface area contributed by atoms with Crippen LogP contribution in [0.3, 0.4) is 0 Å². The largest absolute Gasteiger partial charge is 0.294 e. The average molecular weight is 400 g/mol. The molecule has 2 nitrogen and oxygen atoms in total. The van der Waals surface area contributed by atoms with Gasteiger partial charge in [0.2, 0.25) is 0 Å². The van der Waals surface area contributed by atoms with E-state index < -0.39 is 0 Å². The highest BCUT2D eigenvalue weighted by Gasteiger charge is 2.19. The average Bonchev–Trinajstić information content (AvgIpc) is 2.72. The van der Waals surface area contributed by atoms with E-state index >= 15 is 0 Å². The first-order valence-electron chi connectivity index (χ1n) is 9.77. The highest BCUT2D eigenvalue weighted by molar-refractivity contribution is 6.31. The number of hydrogen-bond donors (Lipinski definition) is 0. The summed E-state index contributed by atoms with van der Waals surface area (Å²) in [5.41, 5.74) is 6.81. The van der Waals surface area contributed by atoms with Crippen molar-refractivity contribution in [2.75, 3.05) is 0 Å². The first-order chi connectivity index (χ1) is 14.0. The first-order valence-corrected chi connectivity index (χ1v) is 10.2. The molecule has 0 aliphatic heterocycles. The van der Waals surface area contributed by atoms with E-state index in [9.17, 15) is 4.79 Å². The molecule has 144 valence electrons. The molecule has 1 aromatic heterocycles. The molecule has 0 saturated carbocycles. The summed E-state index contributed by atoms with van der Waals surface area (Å²) in [4.78, 5) is 17.3. The van der Waals surface area contributed by atoms with Crippen molar-refractivity contribution in [3.8, 4) is 11.1 Å². The van der Waals surface area contributed by atoms with Crippen molar-refractivity contribution in [1.82, 2.24) is 4.98 Å². The van der Waals surface area contributed by atoms with Crippen LogP contribution in [0.4, 0.5) is 0 Å². The second-order valence-corrected chi connectivity index (χ2v) is 7.74. The summed E-state index contributed by atoms with van der Waals surface area (Å²) >= 11 is 6.21. The van der Waals surface area contributed by atoms with Crippen LogP contribution in [0.5, 0.6) is 0 Å². The fourth-order valence-corrected chi connectivity index (χ4v) is 4.14. The SMILES string of the molecule is CC(=O)c1c(C)nc2cc(Cl)ccc2c1-c1ccccc1CCc1ccccc1. The number of fused-ring (bicyclic) bond motifs is 1. The summed E-state index contributed by atoms with van der Waals surface area (Å²) in [6.07, 6.45) is 1.84. The lowest BCUT2D eigenvalue weighted by Crippen LogP contribution is -2.05. The van der Waals surface area contributed by atoms with E-state index in [1.807, 2.05) is 37.3 Å². The van der Waals surface area contributed by atoms with Gasteiger partial charge in [0.15, 0.2) is 5.78 Å². The lowest BCUT2D eigenvalue weighted by atomic mass is 9.88. The molecular weight excluding hydrogens is 378 g/mol. The maximum Gasteiger partial charge on any atom is 0.162 e. The van der Waals surface area contributed by atoms with Gasteiger partial charge in [0.1, 0.15) is 0 Å². The number of aromatic nitrogens is 1. The summed E-state index contributed by atoms with van der Waals surface area (Å²) in [7, 11) is 0. The minimum Gasteiger partial charge on any atom is -0.294 e. The summed E-state index contributed by atoms with van der Waals surface area (Å²) in [5, 5.41) is 1.60. The Bertz CT molecular complexity index is 1200. The number of halogens is 1. The Morgan fingerprint density at radius 3 is 2.41 bits per heavy atom. The molecule has 0 spiro atoms. The fraction of sp³-hybridized carbons (Fsp3) is 0.154. The smallest absolute Gasteiger partial charge is 0.162 e. The zero-order valence-electron chi connectivity index (χ0n) is 16.6. The highest BCUT2D eigenvalue weighted by atomic mass is 35.5. The molecule has 0 bridgehead atoms. The monoisotopic (exact) mass is 399 g/mol. The minimum atomic E-state index is 0.0275. The Balaban J connectivity index is 1.90. The molecule has 0 aliphatic rings. The predicted octanol–water partition coefficient (Wildman–Crippen LogP) is 6.85. The van der Waals surface area contributed by atoms with Gasteiger partial charge in [-0.2, -0.15) is 0 Å². The molecular formula is C26H22ClNO. The van der Waals surface area contributed by atoms with Gasteiger partial charge in [-0.25, -0.2) is 0 Å². The molecule has 3 aromatic carbocycles. The van der Waals surface area contributed by atoms with Gasteiger partial charge < -0.3 is 0 Å². The molecule has 0 saturated heterocycles. The topological polar surface area (TPSA) is 30.0 Å². The van der Waals surface area contributed by atoms with Crippen molar-refractivity contribution in [1.29, 1.82) is 0 Å². The lowest BCUT2D eigenvalue weighted by molar-refractivity contribution is 0.101. The van der Waals surface area contributed by atoms with Crippen LogP contribution in [0.25, 0.3) is 22.0 Å². The second-order valence-electron chi connectivity index (χ2n) is 7.31. The zero-order chi connectivity index (χ0) is 20.4. The molecule has 0 unspecified atom stereocenters. The number of nitrogens with zero attached hydrogens (tertiary/aromatic N) is 1. The van der Waals surface area contributed by atoms with Crippen molar-refractivity contribution in [2.24, 2.45) is 0 Å². The van der Waals surface area contributed by atoms with Crippen molar-refractivity contribution in [3.63, 3.8) is 0 Å². The van der Waals surface area contributed by atoms with Crippen LogP contribution in [0, 0.1) is 6.92 Å². The molecule has 0 fully saturated rings. The normalized spacial score (nSPS) is 11.0. The van der Waals surface area contributed by atoms with Crippen LogP contribution >= 0.6 is 11.6 Å². The quantitative estimate of drug-likeness (QED) is 0.343. The number of pyridine rings is 1. The Labute approximate surface area is 176 Å². The fourth-order valence-electron chi connectivity index (χ4n) is 3.98. The highest BCUT2D eigenvalue weighted by Crippen LogP contribution is 2.36. The third-order valence-corrected chi connectivity index (χ3v) is 5.53. The number of carbonyl (C=O) groups is 1. The predicted molar refractivity (Wildman–Crippen MR) is 121 cm³/mol. The standard InChI is InChI=1S/C26H22ClNO/c1-17-25(18(2)29)26(23-15-14-21(27)16-24(23)28-17)22-11-7-6-10-20(22)13-12-19-8-4-3-5-9-19/h3-11,14-16H,12-13H2,1-2H3. The molecule has 3 heteroatoms. The number of hydrogen-bond acceptors (Lipinski definition) is 2. The van der Waals surface area contributed by atoms with Gasteiger partial charge in [0.25, 0.3) is 0 Å². The Morgan fingerprint density at radius 2 is 1.66 bits per heavy atom. The van der Waals surface area contributed by atoms with Crippen LogP contribution in [0.2, 0.25) is 5.02 Å². The van der Waals surface area contributed by atoms with Crippen LogP contribution in [-0.2, 0) is 12.8 Å². The Morgan fingerprint density at radius 1 is 0.931 bits per heavy atom. The van der Waals surface area contributed by atoms with E-state index in [4.69, 9.17) is 11.6 Å². The van der Waals surface area contributed by atoms with E-state index in [1.54, 1.807) is 6.92 Å². The number of ketones is 1. The zero-order valence-corrected chi connectivity index (χ0v) is 17.3. The van der Waals surface area contributed by atoms with Crippen LogP contribution in [0.1, 0.15) is 34.1 Å². The van der Waals surface area contributed by atoms with E-state index in [-0.39, 0.29) is 5.78 Å². The molecule has 4 aromatic rings. The molecule has 0 aliphatic carbocycles. The van der Waals surface area contributed by atoms with E-state index in [0.29, 0.717) is 10.6 Å². The van der Waals surface area contributed by atoms with Gasteiger partial charge in [-0.3, -0.25) is 9.78 Å². The van der Waals surface area contributed by atoms with Crippen LogP contribution in [0.15, 0.2) is 72.8 Å². The number of benzene rings is 3.